The van der Waals surface area contributed by atoms with Crippen molar-refractivity contribution in [3.8, 4) is 0 Å². The van der Waals surface area contributed by atoms with Gasteiger partial charge in [-0.05, 0) is 30.9 Å². The summed E-state index contributed by atoms with van der Waals surface area (Å²) in [4.78, 5) is 0. The van der Waals surface area contributed by atoms with E-state index in [1.807, 2.05) is 0 Å². The van der Waals surface area contributed by atoms with Crippen molar-refractivity contribution in [3.63, 3.8) is 0 Å². The molecule has 0 radical (unpaired) electrons. The summed E-state index contributed by atoms with van der Waals surface area (Å²) in [5.74, 6) is 2.85. The first-order valence-corrected chi connectivity index (χ1v) is 9.95. The van der Waals surface area contributed by atoms with Crippen molar-refractivity contribution in [1.82, 2.24) is 0 Å². The van der Waals surface area contributed by atoms with Crippen LogP contribution >= 0.6 is 88.4 Å². The Balaban J connectivity index is 4.15. The lowest BCUT2D eigenvalue weighted by Gasteiger charge is -2.26. The third-order valence-electron chi connectivity index (χ3n) is 2.83. The molecule has 0 bridgehead atoms. The highest BCUT2D eigenvalue weighted by Gasteiger charge is 2.22. The maximum atomic E-state index is 4.69. The number of thiol groups is 7. The average Bonchev–Trinajstić information content (AvgIpc) is 2.35. The number of hydrogen-bond acceptors (Lipinski definition) is 7. The van der Waals surface area contributed by atoms with Crippen molar-refractivity contribution in [2.75, 3.05) is 17.3 Å². The molecule has 0 aliphatic carbocycles. The van der Waals surface area contributed by atoms with E-state index in [-0.39, 0.29) is 0 Å². The zero-order valence-corrected chi connectivity index (χ0v) is 16.5. The SMILES string of the molecule is SCC(S)CC(S)CC(CS)C(S)CC(S)CS. The zero-order valence-electron chi connectivity index (χ0n) is 10.3. The van der Waals surface area contributed by atoms with Gasteiger partial charge in [-0.1, -0.05) is 0 Å². The molecule has 7 heteroatoms. The molecule has 5 unspecified atom stereocenters. The van der Waals surface area contributed by atoms with Gasteiger partial charge in [-0.25, -0.2) is 0 Å². The van der Waals surface area contributed by atoms with Gasteiger partial charge < -0.3 is 0 Å². The van der Waals surface area contributed by atoms with Crippen molar-refractivity contribution in [3.05, 3.63) is 0 Å². The van der Waals surface area contributed by atoms with Gasteiger partial charge in [0.2, 0.25) is 0 Å². The molecule has 0 fully saturated rings. The Morgan fingerprint density at radius 3 is 1.50 bits per heavy atom. The summed E-state index contributed by atoms with van der Waals surface area (Å²) < 4.78 is 0. The number of hydrogen-bond donors (Lipinski definition) is 7. The minimum absolute atomic E-state index is 0.298. The topological polar surface area (TPSA) is 0 Å². The third-order valence-corrected chi connectivity index (χ3v) is 6.60. The van der Waals surface area contributed by atoms with Gasteiger partial charge in [0, 0.05) is 32.5 Å². The second-order valence-electron chi connectivity index (χ2n) is 4.54. The van der Waals surface area contributed by atoms with Crippen LogP contribution in [0, 0.1) is 5.92 Å². The molecular weight excluding hydrogens is 357 g/mol. The Kier molecular flexibility index (Phi) is 13.7. The van der Waals surface area contributed by atoms with E-state index in [1.165, 1.54) is 0 Å². The molecule has 0 aromatic carbocycles. The maximum Gasteiger partial charge on any atom is 0.0116 e. The van der Waals surface area contributed by atoms with Crippen LogP contribution in [0.5, 0.6) is 0 Å². The van der Waals surface area contributed by atoms with Crippen LogP contribution in [-0.4, -0.2) is 38.3 Å². The van der Waals surface area contributed by atoms with Crippen LogP contribution in [-0.2, 0) is 0 Å². The summed E-state index contributed by atoms with van der Waals surface area (Å²) in [7, 11) is 0. The monoisotopic (exact) mass is 380 g/mol. The fraction of sp³-hybridized carbons (Fsp3) is 1.00. The maximum absolute atomic E-state index is 4.69. The third kappa shape index (κ3) is 9.40. The van der Waals surface area contributed by atoms with Gasteiger partial charge in [0.05, 0.1) is 0 Å². The molecule has 5 atom stereocenters. The van der Waals surface area contributed by atoms with Crippen molar-refractivity contribution in [2.45, 2.75) is 40.3 Å². The lowest BCUT2D eigenvalue weighted by molar-refractivity contribution is 0.484. The van der Waals surface area contributed by atoms with E-state index >= 15 is 0 Å². The summed E-state index contributed by atoms with van der Waals surface area (Å²) >= 11 is 31.2. The van der Waals surface area contributed by atoms with Gasteiger partial charge in [-0.2, -0.15) is 88.4 Å². The van der Waals surface area contributed by atoms with Gasteiger partial charge in [0.1, 0.15) is 0 Å². The van der Waals surface area contributed by atoms with Crippen LogP contribution in [0.2, 0.25) is 0 Å². The molecule has 0 rings (SSSR count). The van der Waals surface area contributed by atoms with E-state index in [9.17, 15) is 0 Å². The summed E-state index contributed by atoms with van der Waals surface area (Å²) in [5.41, 5.74) is 0. The molecule has 18 heavy (non-hydrogen) atoms. The molecule has 0 amide bonds. The van der Waals surface area contributed by atoms with E-state index in [2.05, 4.69) is 88.4 Å². The minimum Gasteiger partial charge on any atom is -0.179 e. The lowest BCUT2D eigenvalue weighted by atomic mass is 9.96. The second kappa shape index (κ2) is 12.0. The smallest absolute Gasteiger partial charge is 0.0116 e. The molecule has 0 aromatic rings. The van der Waals surface area contributed by atoms with Crippen LogP contribution in [0.15, 0.2) is 0 Å². The van der Waals surface area contributed by atoms with Crippen molar-refractivity contribution >= 4 is 88.4 Å². The highest BCUT2D eigenvalue weighted by atomic mass is 32.1. The minimum atomic E-state index is 0.298. The summed E-state index contributed by atoms with van der Waals surface area (Å²) in [6.07, 6.45) is 2.94. The average molecular weight is 381 g/mol. The molecule has 0 N–H and O–H groups in total. The van der Waals surface area contributed by atoms with Crippen LogP contribution in [0.1, 0.15) is 19.3 Å². The largest absolute Gasteiger partial charge is 0.179 e. The van der Waals surface area contributed by atoms with E-state index in [4.69, 9.17) is 0 Å². The first-order chi connectivity index (χ1) is 8.44. The lowest BCUT2D eigenvalue weighted by Crippen LogP contribution is -2.25. The van der Waals surface area contributed by atoms with Gasteiger partial charge in [-0.3, -0.25) is 0 Å². The predicted octanol–water partition coefficient (Wildman–Crippen LogP) is 3.76. The van der Waals surface area contributed by atoms with Crippen LogP contribution in [0.3, 0.4) is 0 Å². The molecule has 0 nitrogen and oxygen atoms in total. The highest BCUT2D eigenvalue weighted by Crippen LogP contribution is 2.27. The Morgan fingerprint density at radius 2 is 1.06 bits per heavy atom. The van der Waals surface area contributed by atoms with Crippen LogP contribution in [0.4, 0.5) is 0 Å². The van der Waals surface area contributed by atoms with Crippen LogP contribution in [0.25, 0.3) is 0 Å². The second-order valence-corrected chi connectivity index (χ2v) is 8.49. The van der Waals surface area contributed by atoms with E-state index < -0.39 is 0 Å². The molecule has 0 aromatic heterocycles. The van der Waals surface area contributed by atoms with Crippen LogP contribution < -0.4 is 0 Å². The Labute approximate surface area is 150 Å². The predicted molar refractivity (Wildman–Crippen MR) is 110 cm³/mol. The molecule has 0 aliphatic heterocycles. The summed E-state index contributed by atoms with van der Waals surface area (Å²) in [5, 5.41) is 1.25. The first kappa shape index (κ1) is 20.5. The fourth-order valence-corrected chi connectivity index (χ4v) is 4.42. The van der Waals surface area contributed by atoms with Gasteiger partial charge in [-0.15, -0.1) is 0 Å². The molecule has 0 spiro atoms. The molecule has 0 saturated heterocycles. The van der Waals surface area contributed by atoms with Crippen molar-refractivity contribution in [2.24, 2.45) is 5.92 Å². The molecular formula is C11H24S7. The van der Waals surface area contributed by atoms with E-state index in [0.29, 0.717) is 26.9 Å². The van der Waals surface area contributed by atoms with Gasteiger partial charge in [0.25, 0.3) is 0 Å². The first-order valence-electron chi connectivity index (χ1n) is 5.99. The van der Waals surface area contributed by atoms with Crippen molar-refractivity contribution < 1.29 is 0 Å². The van der Waals surface area contributed by atoms with E-state index in [1.54, 1.807) is 0 Å². The summed E-state index contributed by atoms with van der Waals surface area (Å²) in [6, 6.07) is 0. The Morgan fingerprint density at radius 1 is 0.556 bits per heavy atom. The molecule has 0 aliphatic rings. The van der Waals surface area contributed by atoms with Crippen molar-refractivity contribution in [1.29, 1.82) is 0 Å². The quantitative estimate of drug-likeness (QED) is 0.276. The highest BCUT2D eigenvalue weighted by molar-refractivity contribution is 7.85. The Hall–Kier alpha value is 2.45. The molecule has 0 heterocycles. The summed E-state index contributed by atoms with van der Waals surface area (Å²) in [6.45, 7) is 0. The van der Waals surface area contributed by atoms with Gasteiger partial charge in [0.15, 0.2) is 0 Å². The Bertz CT molecular complexity index is 202. The zero-order chi connectivity index (χ0) is 14.1. The fourth-order valence-electron chi connectivity index (χ4n) is 1.73. The number of rotatable bonds is 10. The molecule has 0 saturated carbocycles. The molecule has 110 valence electrons. The van der Waals surface area contributed by atoms with E-state index in [0.717, 1.165) is 36.5 Å². The normalized spacial score (nSPS) is 20.2. The standard InChI is InChI=1S/C11H24S7/c12-4-7(11(18)3-10(17)6-14)1-8(15)2-9(16)5-13/h7-18H,1-6H2. The van der Waals surface area contributed by atoms with Gasteiger partial charge >= 0.3 is 0 Å².